The third-order valence-corrected chi connectivity index (χ3v) is 5.26. The predicted molar refractivity (Wildman–Crippen MR) is 106 cm³/mol. The molecule has 0 saturated heterocycles. The zero-order valence-corrected chi connectivity index (χ0v) is 16.3. The van der Waals surface area contributed by atoms with E-state index in [9.17, 15) is 0 Å². The van der Waals surface area contributed by atoms with Gasteiger partial charge in [-0.05, 0) is 70.8 Å². The molecule has 0 aliphatic carbocycles. The van der Waals surface area contributed by atoms with Crippen LogP contribution in [0.25, 0.3) is 10.8 Å². The standard InChI is InChI=1S/C23H32O2/c1-5-9-16-17(10-6-2)19(12-8-4)21-14-23-22(24-15-25-23)13-20(21)18(16)11-7-3/h13-14H,5-12,15H2,1-4H3. The van der Waals surface area contributed by atoms with Gasteiger partial charge in [0.25, 0.3) is 0 Å². The van der Waals surface area contributed by atoms with Gasteiger partial charge in [0.2, 0.25) is 6.79 Å². The van der Waals surface area contributed by atoms with Crippen molar-refractivity contribution in [1.82, 2.24) is 0 Å². The van der Waals surface area contributed by atoms with Crippen molar-refractivity contribution < 1.29 is 9.47 Å². The van der Waals surface area contributed by atoms with E-state index in [-0.39, 0.29) is 0 Å². The summed E-state index contributed by atoms with van der Waals surface area (Å²) in [6.45, 7) is 9.52. The molecule has 0 bridgehead atoms. The molecule has 2 aromatic carbocycles. The van der Waals surface area contributed by atoms with Crippen LogP contribution in [0.5, 0.6) is 11.5 Å². The molecule has 2 heteroatoms. The van der Waals surface area contributed by atoms with Crippen molar-refractivity contribution in [2.75, 3.05) is 6.79 Å². The molecule has 3 rings (SSSR count). The Kier molecular flexibility index (Phi) is 5.88. The number of aryl methyl sites for hydroxylation is 2. The molecule has 0 radical (unpaired) electrons. The van der Waals surface area contributed by atoms with Crippen molar-refractivity contribution in [3.8, 4) is 11.5 Å². The SMILES string of the molecule is CCCc1c(CCC)c(CCC)c2cc3c(cc2c1CCC)OCO3. The average Bonchev–Trinajstić information content (AvgIpc) is 3.07. The quantitative estimate of drug-likeness (QED) is 0.555. The van der Waals surface area contributed by atoms with Gasteiger partial charge in [0.05, 0.1) is 0 Å². The summed E-state index contributed by atoms with van der Waals surface area (Å²) >= 11 is 0. The monoisotopic (exact) mass is 340 g/mol. The first-order valence-electron chi connectivity index (χ1n) is 10.1. The zero-order chi connectivity index (χ0) is 17.8. The van der Waals surface area contributed by atoms with Crippen molar-refractivity contribution in [3.05, 3.63) is 34.4 Å². The molecule has 136 valence electrons. The minimum absolute atomic E-state index is 0.349. The van der Waals surface area contributed by atoms with Gasteiger partial charge in [0.1, 0.15) is 0 Å². The summed E-state index contributed by atoms with van der Waals surface area (Å²) in [5.41, 5.74) is 6.36. The maximum absolute atomic E-state index is 5.69. The highest BCUT2D eigenvalue weighted by Crippen LogP contribution is 2.42. The van der Waals surface area contributed by atoms with Gasteiger partial charge in [-0.15, -0.1) is 0 Å². The highest BCUT2D eigenvalue weighted by Gasteiger charge is 2.22. The molecule has 0 N–H and O–H groups in total. The maximum atomic E-state index is 5.69. The van der Waals surface area contributed by atoms with Crippen molar-refractivity contribution >= 4 is 10.8 Å². The minimum atomic E-state index is 0.349. The van der Waals surface area contributed by atoms with E-state index in [2.05, 4.69) is 39.8 Å². The number of hydrogen-bond acceptors (Lipinski definition) is 2. The Balaban J connectivity index is 2.36. The molecule has 25 heavy (non-hydrogen) atoms. The molecule has 0 saturated carbocycles. The van der Waals surface area contributed by atoms with Crippen LogP contribution < -0.4 is 9.47 Å². The summed E-state index contributed by atoms with van der Waals surface area (Å²) in [7, 11) is 0. The predicted octanol–water partition coefficient (Wildman–Crippen LogP) is 6.38. The summed E-state index contributed by atoms with van der Waals surface area (Å²) in [5.74, 6) is 1.83. The van der Waals surface area contributed by atoms with Gasteiger partial charge in [0, 0.05) is 0 Å². The lowest BCUT2D eigenvalue weighted by Crippen LogP contribution is -2.07. The summed E-state index contributed by atoms with van der Waals surface area (Å²) in [6, 6.07) is 4.49. The molecular formula is C23H32O2. The van der Waals surface area contributed by atoms with Crippen LogP contribution >= 0.6 is 0 Å². The largest absolute Gasteiger partial charge is 0.454 e. The topological polar surface area (TPSA) is 18.5 Å². The fourth-order valence-corrected chi connectivity index (χ4v) is 4.31. The van der Waals surface area contributed by atoms with Gasteiger partial charge >= 0.3 is 0 Å². The van der Waals surface area contributed by atoms with Crippen LogP contribution in [0.2, 0.25) is 0 Å². The Hall–Kier alpha value is -1.70. The lowest BCUT2D eigenvalue weighted by atomic mass is 9.82. The smallest absolute Gasteiger partial charge is 0.231 e. The van der Waals surface area contributed by atoms with Crippen LogP contribution in [0.4, 0.5) is 0 Å². The van der Waals surface area contributed by atoms with Crippen LogP contribution in [0, 0.1) is 0 Å². The normalized spacial score (nSPS) is 13.0. The summed E-state index contributed by atoms with van der Waals surface area (Å²) in [5, 5.41) is 2.80. The molecule has 0 aromatic heterocycles. The molecule has 0 unspecified atom stereocenters. The molecule has 0 spiro atoms. The van der Waals surface area contributed by atoms with E-state index in [0.29, 0.717) is 6.79 Å². The molecule has 0 amide bonds. The van der Waals surface area contributed by atoms with Crippen molar-refractivity contribution in [1.29, 1.82) is 0 Å². The third-order valence-electron chi connectivity index (χ3n) is 5.26. The Labute approximate surface area is 152 Å². The summed E-state index contributed by atoms with van der Waals surface area (Å²) < 4.78 is 11.4. The Bertz CT molecular complexity index is 683. The van der Waals surface area contributed by atoms with Crippen LogP contribution in [-0.2, 0) is 25.7 Å². The van der Waals surface area contributed by atoms with Crippen molar-refractivity contribution in [3.63, 3.8) is 0 Å². The minimum Gasteiger partial charge on any atom is -0.454 e. The number of ether oxygens (including phenoxy) is 2. The number of fused-ring (bicyclic) bond motifs is 2. The fraction of sp³-hybridized carbons (Fsp3) is 0.565. The number of hydrogen-bond donors (Lipinski definition) is 0. The van der Waals surface area contributed by atoms with Crippen molar-refractivity contribution in [2.45, 2.75) is 79.1 Å². The molecule has 1 aliphatic rings. The van der Waals surface area contributed by atoms with E-state index in [1.807, 2.05) is 0 Å². The fourth-order valence-electron chi connectivity index (χ4n) is 4.31. The first-order chi connectivity index (χ1) is 12.2. The van der Waals surface area contributed by atoms with Gasteiger partial charge in [-0.2, -0.15) is 0 Å². The van der Waals surface area contributed by atoms with Crippen molar-refractivity contribution in [2.24, 2.45) is 0 Å². The highest BCUT2D eigenvalue weighted by molar-refractivity contribution is 5.94. The lowest BCUT2D eigenvalue weighted by Gasteiger charge is -2.23. The van der Waals surface area contributed by atoms with E-state index in [1.165, 1.54) is 49.3 Å². The van der Waals surface area contributed by atoms with E-state index in [4.69, 9.17) is 9.47 Å². The maximum Gasteiger partial charge on any atom is 0.231 e. The second-order valence-electron chi connectivity index (χ2n) is 7.17. The third kappa shape index (κ3) is 3.36. The van der Waals surface area contributed by atoms with Crippen LogP contribution in [0.3, 0.4) is 0 Å². The second kappa shape index (κ2) is 8.12. The molecule has 1 aliphatic heterocycles. The van der Waals surface area contributed by atoms with Gasteiger partial charge < -0.3 is 9.47 Å². The van der Waals surface area contributed by atoms with Crippen LogP contribution in [0.1, 0.15) is 75.6 Å². The lowest BCUT2D eigenvalue weighted by molar-refractivity contribution is 0.174. The van der Waals surface area contributed by atoms with Crippen LogP contribution in [-0.4, -0.2) is 6.79 Å². The Morgan fingerprint density at radius 3 is 1.32 bits per heavy atom. The molecule has 0 fully saturated rings. The first-order valence-corrected chi connectivity index (χ1v) is 10.1. The summed E-state index contributed by atoms with van der Waals surface area (Å²) in [6.07, 6.45) is 9.43. The first kappa shape index (κ1) is 18.1. The molecule has 2 nitrogen and oxygen atoms in total. The number of benzene rings is 2. The molecule has 1 heterocycles. The Morgan fingerprint density at radius 1 is 0.600 bits per heavy atom. The molecule has 2 aromatic rings. The van der Waals surface area contributed by atoms with E-state index in [1.54, 1.807) is 22.3 Å². The Morgan fingerprint density at radius 2 is 0.960 bits per heavy atom. The highest BCUT2D eigenvalue weighted by atomic mass is 16.7. The molecular weight excluding hydrogens is 308 g/mol. The van der Waals surface area contributed by atoms with E-state index in [0.717, 1.165) is 24.3 Å². The second-order valence-corrected chi connectivity index (χ2v) is 7.17. The zero-order valence-electron chi connectivity index (χ0n) is 16.3. The van der Waals surface area contributed by atoms with Gasteiger partial charge in [0.15, 0.2) is 11.5 Å². The van der Waals surface area contributed by atoms with E-state index < -0.39 is 0 Å². The molecule has 0 atom stereocenters. The van der Waals surface area contributed by atoms with Crippen LogP contribution in [0.15, 0.2) is 12.1 Å². The van der Waals surface area contributed by atoms with Gasteiger partial charge in [-0.1, -0.05) is 53.4 Å². The van der Waals surface area contributed by atoms with E-state index >= 15 is 0 Å². The van der Waals surface area contributed by atoms with Gasteiger partial charge in [-0.3, -0.25) is 0 Å². The van der Waals surface area contributed by atoms with Gasteiger partial charge in [-0.25, -0.2) is 0 Å². The average molecular weight is 341 g/mol. The number of rotatable bonds is 8. The summed E-state index contributed by atoms with van der Waals surface area (Å²) in [4.78, 5) is 0.